The van der Waals surface area contributed by atoms with Crippen LogP contribution in [0.15, 0.2) is 16.8 Å². The molecule has 4 rings (SSSR count). The summed E-state index contributed by atoms with van der Waals surface area (Å²) >= 11 is 1.69. The first-order valence-electron chi connectivity index (χ1n) is 6.06. The van der Waals surface area contributed by atoms with Gasteiger partial charge in [-0.25, -0.2) is 0 Å². The van der Waals surface area contributed by atoms with E-state index in [0.29, 0.717) is 11.7 Å². The lowest BCUT2D eigenvalue weighted by Gasteiger charge is -2.29. The van der Waals surface area contributed by atoms with Crippen LogP contribution in [0.4, 0.5) is 0 Å². The molecule has 3 aliphatic rings. The lowest BCUT2D eigenvalue weighted by molar-refractivity contribution is -0.122. The van der Waals surface area contributed by atoms with Crippen molar-refractivity contribution in [3.8, 4) is 0 Å². The average Bonchev–Trinajstić information content (AvgIpc) is 2.72. The molecule has 1 unspecified atom stereocenters. The second kappa shape index (κ2) is 2.96. The highest BCUT2D eigenvalue weighted by Gasteiger charge is 2.73. The summed E-state index contributed by atoms with van der Waals surface area (Å²) in [6.45, 7) is 0. The van der Waals surface area contributed by atoms with Crippen molar-refractivity contribution in [1.82, 2.24) is 0 Å². The van der Waals surface area contributed by atoms with E-state index in [4.69, 9.17) is 4.74 Å². The average molecular weight is 234 g/mol. The minimum absolute atomic E-state index is 0.0259. The summed E-state index contributed by atoms with van der Waals surface area (Å²) in [6.07, 6.45) is 4.72. The van der Waals surface area contributed by atoms with Crippen molar-refractivity contribution in [3.63, 3.8) is 0 Å². The van der Waals surface area contributed by atoms with Crippen molar-refractivity contribution in [2.45, 2.75) is 43.3 Å². The topological polar surface area (TPSA) is 29.6 Å². The number of ether oxygens (including phenoxy) is 1. The summed E-state index contributed by atoms with van der Waals surface area (Å²) < 4.78 is 5.74. The zero-order chi connectivity index (χ0) is 10.8. The monoisotopic (exact) mass is 234 g/mol. The molecule has 0 amide bonds. The molecule has 2 saturated carbocycles. The number of hydrogen-bond donors (Lipinski definition) is 0. The largest absolute Gasteiger partial charge is 0.357 e. The molecule has 1 saturated heterocycles. The third kappa shape index (κ3) is 0.986. The van der Waals surface area contributed by atoms with Gasteiger partial charge in [-0.2, -0.15) is 11.3 Å². The van der Waals surface area contributed by atoms with Gasteiger partial charge in [0.05, 0.1) is 5.92 Å². The zero-order valence-corrected chi connectivity index (χ0v) is 9.83. The van der Waals surface area contributed by atoms with Crippen LogP contribution in [0.1, 0.15) is 37.2 Å². The lowest BCUT2D eigenvalue weighted by atomic mass is 9.75. The van der Waals surface area contributed by atoms with Crippen LogP contribution in [0.5, 0.6) is 0 Å². The molecule has 1 aromatic rings. The maximum Gasteiger partial charge on any atom is 0.172 e. The van der Waals surface area contributed by atoms with Gasteiger partial charge in [-0.3, -0.25) is 4.79 Å². The second-order valence-electron chi connectivity index (χ2n) is 5.24. The molecular weight excluding hydrogens is 220 g/mol. The van der Waals surface area contributed by atoms with E-state index in [9.17, 15) is 4.79 Å². The smallest absolute Gasteiger partial charge is 0.172 e. The number of carbonyl (C=O) groups excluding carboxylic acids is 1. The molecule has 16 heavy (non-hydrogen) atoms. The molecule has 2 heterocycles. The van der Waals surface area contributed by atoms with Crippen molar-refractivity contribution >= 4 is 17.1 Å². The molecule has 3 fully saturated rings. The third-order valence-electron chi connectivity index (χ3n) is 4.55. The van der Waals surface area contributed by atoms with Crippen LogP contribution in [0.25, 0.3) is 0 Å². The van der Waals surface area contributed by atoms with Gasteiger partial charge in [0, 0.05) is 5.92 Å². The van der Waals surface area contributed by atoms with E-state index in [1.807, 2.05) is 0 Å². The summed E-state index contributed by atoms with van der Waals surface area (Å²) in [5.74, 6) is 0.962. The van der Waals surface area contributed by atoms with Gasteiger partial charge in [-0.05, 0) is 35.2 Å². The second-order valence-corrected chi connectivity index (χ2v) is 6.02. The van der Waals surface area contributed by atoms with E-state index >= 15 is 0 Å². The van der Waals surface area contributed by atoms with Crippen molar-refractivity contribution < 1.29 is 9.53 Å². The first kappa shape index (κ1) is 9.37. The summed E-state index contributed by atoms with van der Waals surface area (Å²) in [4.78, 5) is 12.3. The first-order valence-corrected chi connectivity index (χ1v) is 7.01. The van der Waals surface area contributed by atoms with Crippen molar-refractivity contribution in [3.05, 3.63) is 22.4 Å². The maximum absolute atomic E-state index is 12.3. The molecule has 84 valence electrons. The molecule has 0 radical (unpaired) electrons. The van der Waals surface area contributed by atoms with Gasteiger partial charge in [0.25, 0.3) is 0 Å². The van der Waals surface area contributed by atoms with E-state index in [-0.39, 0.29) is 17.6 Å². The fourth-order valence-electron chi connectivity index (χ4n) is 3.81. The summed E-state index contributed by atoms with van der Waals surface area (Å²) in [6, 6.07) is 2.11. The van der Waals surface area contributed by atoms with E-state index in [1.54, 1.807) is 11.3 Å². The Morgan fingerprint density at radius 3 is 3.19 bits per heavy atom. The van der Waals surface area contributed by atoms with Crippen LogP contribution in [-0.2, 0) is 9.53 Å². The van der Waals surface area contributed by atoms with Crippen molar-refractivity contribution in [2.24, 2.45) is 5.92 Å². The van der Waals surface area contributed by atoms with Gasteiger partial charge < -0.3 is 4.74 Å². The Kier molecular flexibility index (Phi) is 1.73. The Morgan fingerprint density at radius 2 is 2.38 bits per heavy atom. The van der Waals surface area contributed by atoms with E-state index < -0.39 is 0 Å². The molecule has 1 aliphatic heterocycles. The van der Waals surface area contributed by atoms with Crippen LogP contribution in [-0.4, -0.2) is 17.5 Å². The number of rotatable bonds is 1. The SMILES string of the molecule is O=C1[C@H]2OC23CCCC[C@H]3[C@@H]1c1ccsc1. The van der Waals surface area contributed by atoms with Crippen LogP contribution < -0.4 is 0 Å². The molecule has 2 nitrogen and oxygen atoms in total. The van der Waals surface area contributed by atoms with Gasteiger partial charge in [0.2, 0.25) is 0 Å². The predicted octanol–water partition coefficient (Wildman–Crippen LogP) is 2.74. The van der Waals surface area contributed by atoms with E-state index in [0.717, 1.165) is 6.42 Å². The maximum atomic E-state index is 12.3. The number of thiophene rings is 1. The van der Waals surface area contributed by atoms with E-state index in [1.165, 1.54) is 24.8 Å². The molecule has 1 aromatic heterocycles. The highest BCUT2D eigenvalue weighted by Crippen LogP contribution is 2.63. The molecule has 4 atom stereocenters. The molecule has 3 heteroatoms. The Labute approximate surface area is 98.6 Å². The standard InChI is InChI=1S/C13H14O2S/c14-11-10(8-4-6-16-7-8)9-3-1-2-5-13(9)12(11)15-13/h4,6-7,9-10,12H,1-3,5H2/t9-,10-,12+,13?/m0/s1. The Morgan fingerprint density at radius 1 is 1.44 bits per heavy atom. The zero-order valence-electron chi connectivity index (χ0n) is 9.02. The molecule has 0 bridgehead atoms. The molecule has 0 N–H and O–H groups in total. The molecule has 1 spiro atoms. The van der Waals surface area contributed by atoms with Gasteiger partial charge >= 0.3 is 0 Å². The predicted molar refractivity (Wildman–Crippen MR) is 61.6 cm³/mol. The van der Waals surface area contributed by atoms with Crippen LogP contribution in [0.3, 0.4) is 0 Å². The minimum Gasteiger partial charge on any atom is -0.357 e. The fraction of sp³-hybridized carbons (Fsp3) is 0.615. The van der Waals surface area contributed by atoms with Crippen LogP contribution >= 0.6 is 11.3 Å². The quantitative estimate of drug-likeness (QED) is 0.699. The number of ketones is 1. The van der Waals surface area contributed by atoms with Crippen LogP contribution in [0, 0.1) is 5.92 Å². The Hall–Kier alpha value is -0.670. The van der Waals surface area contributed by atoms with Gasteiger partial charge in [0.1, 0.15) is 11.7 Å². The highest BCUT2D eigenvalue weighted by molar-refractivity contribution is 7.08. The Bertz CT molecular complexity index is 439. The summed E-state index contributed by atoms with van der Waals surface area (Å²) in [7, 11) is 0. The highest BCUT2D eigenvalue weighted by atomic mass is 32.1. The van der Waals surface area contributed by atoms with Gasteiger partial charge in [0.15, 0.2) is 5.78 Å². The number of carbonyl (C=O) groups is 1. The van der Waals surface area contributed by atoms with Gasteiger partial charge in [-0.1, -0.05) is 12.8 Å². The molecular formula is C13H14O2S. The number of Topliss-reactive ketones (excluding diaryl/α,β-unsaturated/α-hetero) is 1. The van der Waals surface area contributed by atoms with E-state index in [2.05, 4.69) is 16.8 Å². The molecule has 0 aromatic carbocycles. The number of hydrogen-bond acceptors (Lipinski definition) is 3. The summed E-state index contributed by atoms with van der Waals surface area (Å²) in [5, 5.41) is 4.21. The fourth-order valence-corrected chi connectivity index (χ4v) is 4.51. The first-order chi connectivity index (χ1) is 7.83. The summed E-state index contributed by atoms with van der Waals surface area (Å²) in [5.41, 5.74) is 1.21. The lowest BCUT2D eigenvalue weighted by Crippen LogP contribution is -2.29. The van der Waals surface area contributed by atoms with Gasteiger partial charge in [-0.15, -0.1) is 0 Å². The van der Waals surface area contributed by atoms with Crippen molar-refractivity contribution in [2.75, 3.05) is 0 Å². The molecule has 2 aliphatic carbocycles. The minimum atomic E-state index is -0.0531. The normalized spacial score (nSPS) is 45.2. The van der Waals surface area contributed by atoms with Crippen molar-refractivity contribution in [1.29, 1.82) is 0 Å². The third-order valence-corrected chi connectivity index (χ3v) is 5.26. The number of epoxide rings is 1. The van der Waals surface area contributed by atoms with Crippen LogP contribution in [0.2, 0.25) is 0 Å². The Balaban J connectivity index is 1.76.